The largest absolute Gasteiger partial charge is 0.325 e. The Morgan fingerprint density at radius 3 is 2.90 bits per heavy atom. The number of carbonyl (C=O) groups excluding carboxylic acids is 1. The molecule has 4 nitrogen and oxygen atoms in total. The maximum absolute atomic E-state index is 12.0. The maximum Gasteiger partial charge on any atom is 0.230 e. The molecule has 5 heteroatoms. The molecule has 0 aliphatic heterocycles. The molecule has 1 heterocycles. The Hall–Kier alpha value is -2.35. The number of nitrogens with two attached hydrogens (primary N) is 1. The summed E-state index contributed by atoms with van der Waals surface area (Å²) in [6.07, 6.45) is 1.86. The molecule has 1 aromatic carbocycles. The van der Waals surface area contributed by atoms with Gasteiger partial charge in [0.25, 0.3) is 0 Å². The summed E-state index contributed by atoms with van der Waals surface area (Å²) in [5.41, 5.74) is 7.33. The summed E-state index contributed by atoms with van der Waals surface area (Å²) in [7, 11) is 0. The summed E-state index contributed by atoms with van der Waals surface area (Å²) in [5, 5.41) is 3.37. The number of hydrogen-bond donors (Lipinski definition) is 2. The number of rotatable bonds is 3. The zero-order valence-electron chi connectivity index (χ0n) is 11.3. The number of nitrogens with one attached hydrogen (secondary N) is 1. The number of pyridine rings is 1. The van der Waals surface area contributed by atoms with Crippen LogP contribution in [0.4, 0.5) is 5.69 Å². The summed E-state index contributed by atoms with van der Waals surface area (Å²) in [6, 6.07) is 10.6. The number of amides is 1. The van der Waals surface area contributed by atoms with Crippen LogP contribution in [0.25, 0.3) is 0 Å². The first-order valence-electron chi connectivity index (χ1n) is 6.37. The third-order valence-electron chi connectivity index (χ3n) is 2.65. The van der Waals surface area contributed by atoms with Crippen LogP contribution in [-0.4, -0.2) is 17.4 Å². The van der Waals surface area contributed by atoms with Gasteiger partial charge in [-0.2, -0.15) is 0 Å². The second-order valence-electron chi connectivity index (χ2n) is 4.24. The lowest BCUT2D eigenvalue weighted by molar-refractivity contribution is -0.115. The van der Waals surface area contributed by atoms with Gasteiger partial charge >= 0.3 is 0 Å². The number of carbonyl (C=O) groups is 1. The van der Waals surface area contributed by atoms with E-state index in [0.29, 0.717) is 22.0 Å². The lowest BCUT2D eigenvalue weighted by Crippen LogP contribution is -2.15. The molecule has 106 valence electrons. The molecule has 0 spiro atoms. The predicted octanol–water partition coefficient (Wildman–Crippen LogP) is 2.23. The molecule has 0 fully saturated rings. The Morgan fingerprint density at radius 1 is 1.33 bits per heavy atom. The van der Waals surface area contributed by atoms with E-state index in [-0.39, 0.29) is 18.9 Å². The number of nitrogens with zero attached hydrogens (tertiary/aromatic N) is 1. The minimum atomic E-state index is -0.160. The van der Waals surface area contributed by atoms with Crippen LogP contribution in [0, 0.1) is 11.8 Å². The van der Waals surface area contributed by atoms with Crippen LogP contribution in [-0.2, 0) is 11.2 Å². The van der Waals surface area contributed by atoms with Gasteiger partial charge < -0.3 is 11.1 Å². The van der Waals surface area contributed by atoms with Gasteiger partial charge in [0.2, 0.25) is 5.91 Å². The number of benzene rings is 1. The lowest BCUT2D eigenvalue weighted by Gasteiger charge is -2.08. The maximum atomic E-state index is 12.0. The van der Waals surface area contributed by atoms with Crippen molar-refractivity contribution in [3.05, 3.63) is 58.9 Å². The van der Waals surface area contributed by atoms with Crippen molar-refractivity contribution in [2.24, 2.45) is 5.73 Å². The quantitative estimate of drug-likeness (QED) is 0.854. The first-order valence-corrected chi connectivity index (χ1v) is 6.75. The fourth-order valence-electron chi connectivity index (χ4n) is 1.74. The zero-order chi connectivity index (χ0) is 15.1. The van der Waals surface area contributed by atoms with E-state index in [2.05, 4.69) is 22.1 Å². The third-order valence-corrected chi connectivity index (χ3v) is 2.88. The average molecular weight is 300 g/mol. The van der Waals surface area contributed by atoms with Crippen LogP contribution < -0.4 is 11.1 Å². The van der Waals surface area contributed by atoms with E-state index in [1.807, 2.05) is 6.07 Å². The van der Waals surface area contributed by atoms with Gasteiger partial charge in [-0.1, -0.05) is 29.5 Å². The predicted molar refractivity (Wildman–Crippen MR) is 84.0 cm³/mol. The van der Waals surface area contributed by atoms with E-state index < -0.39 is 0 Å². The van der Waals surface area contributed by atoms with Crippen LogP contribution in [0.5, 0.6) is 0 Å². The smallest absolute Gasteiger partial charge is 0.230 e. The van der Waals surface area contributed by atoms with Crippen molar-refractivity contribution in [1.29, 1.82) is 0 Å². The fourth-order valence-corrected chi connectivity index (χ4v) is 1.91. The summed E-state index contributed by atoms with van der Waals surface area (Å²) in [6.45, 7) is 0.244. The van der Waals surface area contributed by atoms with Crippen molar-refractivity contribution in [2.75, 3.05) is 11.9 Å². The monoisotopic (exact) mass is 299 g/mol. The summed E-state index contributed by atoms with van der Waals surface area (Å²) in [5.74, 6) is 5.48. The van der Waals surface area contributed by atoms with Gasteiger partial charge in [0, 0.05) is 22.5 Å². The molecule has 2 aromatic rings. The average Bonchev–Trinajstić information content (AvgIpc) is 2.48. The van der Waals surface area contributed by atoms with Crippen LogP contribution in [0.3, 0.4) is 0 Å². The molecule has 0 radical (unpaired) electrons. The van der Waals surface area contributed by atoms with Crippen LogP contribution >= 0.6 is 11.6 Å². The Morgan fingerprint density at radius 2 is 2.19 bits per heavy atom. The summed E-state index contributed by atoms with van der Waals surface area (Å²) >= 11 is 5.94. The highest BCUT2D eigenvalue weighted by molar-refractivity contribution is 6.30. The first-order chi connectivity index (χ1) is 10.2. The Balaban J connectivity index is 2.13. The van der Waals surface area contributed by atoms with Gasteiger partial charge in [-0.15, -0.1) is 0 Å². The van der Waals surface area contributed by atoms with Gasteiger partial charge in [0.1, 0.15) is 0 Å². The molecule has 2 rings (SSSR count). The minimum Gasteiger partial charge on any atom is -0.325 e. The van der Waals surface area contributed by atoms with E-state index in [1.54, 1.807) is 36.5 Å². The van der Waals surface area contributed by atoms with Crippen molar-refractivity contribution in [3.8, 4) is 11.8 Å². The fraction of sp³-hybridized carbons (Fsp3) is 0.125. The van der Waals surface area contributed by atoms with Gasteiger partial charge in [-0.25, -0.2) is 0 Å². The molecule has 0 bridgehead atoms. The van der Waals surface area contributed by atoms with E-state index in [9.17, 15) is 4.79 Å². The molecule has 0 aliphatic carbocycles. The molecular formula is C16H14ClN3O. The van der Waals surface area contributed by atoms with Crippen LogP contribution in [0.2, 0.25) is 5.02 Å². The highest BCUT2D eigenvalue weighted by atomic mass is 35.5. The summed E-state index contributed by atoms with van der Waals surface area (Å²) < 4.78 is 0. The standard InChI is InChI=1S/C16H14ClN3O/c17-13-6-7-15(12(10-13)4-3-8-18)20-16(21)11-14-5-1-2-9-19-14/h1-2,5-7,9-10H,8,11,18H2,(H,20,21). The molecule has 0 saturated carbocycles. The first kappa shape index (κ1) is 15.0. The molecule has 0 atom stereocenters. The number of anilines is 1. The summed E-state index contributed by atoms with van der Waals surface area (Å²) in [4.78, 5) is 16.2. The highest BCUT2D eigenvalue weighted by Crippen LogP contribution is 2.20. The Kier molecular flexibility index (Phi) is 5.33. The molecule has 0 aliphatic rings. The molecule has 1 aromatic heterocycles. The number of halogens is 1. The number of aromatic nitrogens is 1. The van der Waals surface area contributed by atoms with Crippen molar-refractivity contribution in [3.63, 3.8) is 0 Å². The van der Waals surface area contributed by atoms with E-state index in [4.69, 9.17) is 17.3 Å². The molecule has 1 amide bonds. The Bertz CT molecular complexity index is 690. The van der Waals surface area contributed by atoms with Crippen LogP contribution in [0.1, 0.15) is 11.3 Å². The minimum absolute atomic E-state index is 0.160. The van der Waals surface area contributed by atoms with Crippen molar-refractivity contribution in [1.82, 2.24) is 4.98 Å². The van der Waals surface area contributed by atoms with Gasteiger partial charge in [0.05, 0.1) is 18.7 Å². The van der Waals surface area contributed by atoms with Crippen molar-refractivity contribution in [2.45, 2.75) is 6.42 Å². The normalized spacial score (nSPS) is 9.62. The van der Waals surface area contributed by atoms with E-state index in [1.165, 1.54) is 0 Å². The second kappa shape index (κ2) is 7.44. The van der Waals surface area contributed by atoms with Gasteiger partial charge in [-0.05, 0) is 30.3 Å². The second-order valence-corrected chi connectivity index (χ2v) is 4.68. The molecule has 0 unspecified atom stereocenters. The SMILES string of the molecule is NCC#Cc1cc(Cl)ccc1NC(=O)Cc1ccccn1. The topological polar surface area (TPSA) is 68.0 Å². The zero-order valence-corrected chi connectivity index (χ0v) is 12.0. The third kappa shape index (κ3) is 4.60. The van der Waals surface area contributed by atoms with Crippen LogP contribution in [0.15, 0.2) is 42.6 Å². The highest BCUT2D eigenvalue weighted by Gasteiger charge is 2.08. The van der Waals surface area contributed by atoms with Gasteiger partial charge in [-0.3, -0.25) is 9.78 Å². The van der Waals surface area contributed by atoms with Gasteiger partial charge in [0.15, 0.2) is 0 Å². The molecule has 21 heavy (non-hydrogen) atoms. The molecule has 0 saturated heterocycles. The molecular weight excluding hydrogens is 286 g/mol. The Labute approximate surface area is 128 Å². The number of hydrogen-bond acceptors (Lipinski definition) is 3. The van der Waals surface area contributed by atoms with Crippen molar-refractivity contribution >= 4 is 23.2 Å². The van der Waals surface area contributed by atoms with E-state index >= 15 is 0 Å². The lowest BCUT2D eigenvalue weighted by atomic mass is 10.1. The van der Waals surface area contributed by atoms with Crippen molar-refractivity contribution < 1.29 is 4.79 Å². The van der Waals surface area contributed by atoms with E-state index in [0.717, 1.165) is 0 Å². The molecule has 3 N–H and O–H groups in total.